The van der Waals surface area contributed by atoms with Gasteiger partial charge >= 0.3 is 0 Å². The van der Waals surface area contributed by atoms with Crippen molar-refractivity contribution < 1.29 is 9.47 Å². The molecule has 1 aromatic carbocycles. The second-order valence-corrected chi connectivity index (χ2v) is 7.61. The van der Waals surface area contributed by atoms with Crippen molar-refractivity contribution in [1.29, 1.82) is 0 Å². The van der Waals surface area contributed by atoms with Gasteiger partial charge in [0.1, 0.15) is 5.75 Å². The Balaban J connectivity index is 0.00000420. The first-order valence-corrected chi connectivity index (χ1v) is 10.5. The van der Waals surface area contributed by atoms with Gasteiger partial charge in [0.2, 0.25) is 0 Å². The number of nitrogens with one attached hydrogen (secondary N) is 2. The summed E-state index contributed by atoms with van der Waals surface area (Å²) in [6, 6.07) is 6.40. The van der Waals surface area contributed by atoms with Crippen molar-refractivity contribution in [2.75, 3.05) is 53.6 Å². The molecule has 1 saturated heterocycles. The highest BCUT2D eigenvalue weighted by molar-refractivity contribution is 14.0. The van der Waals surface area contributed by atoms with E-state index in [0.717, 1.165) is 56.6 Å². The fourth-order valence-electron chi connectivity index (χ4n) is 3.63. The lowest BCUT2D eigenvalue weighted by atomic mass is 9.97. The molecule has 6 nitrogen and oxygen atoms in total. The number of aliphatic imine (C=N–C) groups is 1. The molecule has 0 spiro atoms. The average molecular weight is 518 g/mol. The van der Waals surface area contributed by atoms with Crippen molar-refractivity contribution in [3.63, 3.8) is 0 Å². The first kappa shape index (κ1) is 26.0. The third kappa shape index (κ3) is 8.68. The summed E-state index contributed by atoms with van der Waals surface area (Å²) in [7, 11) is 3.49. The number of hydrogen-bond donors (Lipinski definition) is 2. The summed E-state index contributed by atoms with van der Waals surface area (Å²) < 4.78 is 10.7. The molecule has 0 saturated carbocycles. The second-order valence-electron chi connectivity index (χ2n) is 7.61. The number of halogens is 1. The Kier molecular flexibility index (Phi) is 12.6. The SMILES string of the molecule is CCNC(=NCC1CCN(CCOC)CC1)NC(C)c1cc(C)ccc1OC.I. The highest BCUT2D eigenvalue weighted by Crippen LogP contribution is 2.26. The molecular weight excluding hydrogens is 479 g/mol. The predicted molar refractivity (Wildman–Crippen MR) is 132 cm³/mol. The lowest BCUT2D eigenvalue weighted by molar-refractivity contribution is 0.121. The minimum Gasteiger partial charge on any atom is -0.496 e. The second kappa shape index (κ2) is 14.0. The Morgan fingerprint density at radius 3 is 2.62 bits per heavy atom. The van der Waals surface area contributed by atoms with Crippen LogP contribution in [0.1, 0.15) is 43.9 Å². The molecule has 0 bridgehead atoms. The molecule has 1 fully saturated rings. The summed E-state index contributed by atoms with van der Waals surface area (Å²) in [6.45, 7) is 12.2. The van der Waals surface area contributed by atoms with E-state index in [9.17, 15) is 0 Å². The van der Waals surface area contributed by atoms with Crippen molar-refractivity contribution in [2.45, 2.75) is 39.7 Å². The number of ether oxygens (including phenoxy) is 2. The van der Waals surface area contributed by atoms with Gasteiger partial charge in [0.05, 0.1) is 19.8 Å². The average Bonchev–Trinajstić information content (AvgIpc) is 2.71. The summed E-state index contributed by atoms with van der Waals surface area (Å²) in [4.78, 5) is 7.36. The van der Waals surface area contributed by atoms with E-state index in [-0.39, 0.29) is 30.0 Å². The molecule has 0 radical (unpaired) electrons. The summed E-state index contributed by atoms with van der Waals surface area (Å²) >= 11 is 0. The molecule has 0 aliphatic carbocycles. The van der Waals surface area contributed by atoms with Crippen LogP contribution in [-0.4, -0.2) is 64.4 Å². The Labute approximate surface area is 193 Å². The van der Waals surface area contributed by atoms with Gasteiger partial charge in [-0.2, -0.15) is 0 Å². The smallest absolute Gasteiger partial charge is 0.191 e. The Morgan fingerprint density at radius 2 is 2.00 bits per heavy atom. The van der Waals surface area contributed by atoms with Gasteiger partial charge in [0, 0.05) is 32.3 Å². The van der Waals surface area contributed by atoms with E-state index < -0.39 is 0 Å². The first-order chi connectivity index (χ1) is 13.6. The Hall–Kier alpha value is -1.06. The Morgan fingerprint density at radius 1 is 1.28 bits per heavy atom. The van der Waals surface area contributed by atoms with Crippen LogP contribution in [0.15, 0.2) is 23.2 Å². The van der Waals surface area contributed by atoms with Crippen LogP contribution >= 0.6 is 24.0 Å². The molecule has 1 unspecified atom stereocenters. The van der Waals surface area contributed by atoms with Gasteiger partial charge in [0.15, 0.2) is 5.96 Å². The topological polar surface area (TPSA) is 58.1 Å². The number of nitrogens with zero attached hydrogens (tertiary/aromatic N) is 2. The fourth-order valence-corrected chi connectivity index (χ4v) is 3.63. The van der Waals surface area contributed by atoms with Crippen LogP contribution in [0.25, 0.3) is 0 Å². The minimum atomic E-state index is 0. The summed E-state index contributed by atoms with van der Waals surface area (Å²) in [5.74, 6) is 2.43. The zero-order valence-corrected chi connectivity index (χ0v) is 21.0. The number of hydrogen-bond acceptors (Lipinski definition) is 4. The number of likely N-dealkylation sites (tertiary alicyclic amines) is 1. The van der Waals surface area contributed by atoms with Crippen LogP contribution in [0.2, 0.25) is 0 Å². The van der Waals surface area contributed by atoms with Crippen molar-refractivity contribution in [2.24, 2.45) is 10.9 Å². The quantitative estimate of drug-likeness (QED) is 0.297. The molecule has 1 aliphatic heterocycles. The molecule has 1 atom stereocenters. The van der Waals surface area contributed by atoms with Gasteiger partial charge in [-0.05, 0) is 58.7 Å². The van der Waals surface area contributed by atoms with Crippen molar-refractivity contribution >= 4 is 29.9 Å². The summed E-state index contributed by atoms with van der Waals surface area (Å²) in [5.41, 5.74) is 2.38. The number of benzene rings is 1. The third-order valence-corrected chi connectivity index (χ3v) is 5.38. The standard InChI is InChI=1S/C22H38N4O2.HI/c1-6-23-22(24-16-19-9-11-26(12-10-19)13-14-27-4)25-18(3)20-15-17(2)7-8-21(20)28-5;/h7-8,15,18-19H,6,9-14,16H2,1-5H3,(H2,23,24,25);1H. The van der Waals surface area contributed by atoms with Crippen molar-refractivity contribution in [3.8, 4) is 5.75 Å². The van der Waals surface area contributed by atoms with E-state index >= 15 is 0 Å². The van der Waals surface area contributed by atoms with E-state index in [1.165, 1.54) is 18.4 Å². The van der Waals surface area contributed by atoms with Crippen LogP contribution in [-0.2, 0) is 4.74 Å². The van der Waals surface area contributed by atoms with Crippen LogP contribution in [0.4, 0.5) is 0 Å². The predicted octanol–water partition coefficient (Wildman–Crippen LogP) is 3.60. The lowest BCUT2D eigenvalue weighted by Gasteiger charge is -2.31. The van der Waals surface area contributed by atoms with Gasteiger partial charge in [-0.15, -0.1) is 24.0 Å². The van der Waals surface area contributed by atoms with Crippen LogP contribution in [0.3, 0.4) is 0 Å². The molecule has 0 aromatic heterocycles. The minimum absolute atomic E-state index is 0. The van der Waals surface area contributed by atoms with Crippen LogP contribution in [0, 0.1) is 12.8 Å². The fraction of sp³-hybridized carbons (Fsp3) is 0.682. The first-order valence-electron chi connectivity index (χ1n) is 10.5. The summed E-state index contributed by atoms with van der Waals surface area (Å²) in [6.07, 6.45) is 2.40. The maximum Gasteiger partial charge on any atom is 0.191 e. The van der Waals surface area contributed by atoms with Crippen molar-refractivity contribution in [3.05, 3.63) is 29.3 Å². The third-order valence-electron chi connectivity index (χ3n) is 5.38. The zero-order valence-electron chi connectivity index (χ0n) is 18.7. The summed E-state index contributed by atoms with van der Waals surface area (Å²) in [5, 5.41) is 6.93. The molecule has 0 amide bonds. The maximum absolute atomic E-state index is 5.54. The van der Waals surface area contributed by atoms with Crippen LogP contribution < -0.4 is 15.4 Å². The molecule has 1 aliphatic rings. The highest BCUT2D eigenvalue weighted by atomic mass is 127. The molecule has 2 N–H and O–H groups in total. The number of piperidine rings is 1. The Bertz CT molecular complexity index is 619. The van der Waals surface area contributed by atoms with Gasteiger partial charge in [-0.1, -0.05) is 17.7 Å². The van der Waals surface area contributed by atoms with Crippen molar-refractivity contribution in [1.82, 2.24) is 15.5 Å². The number of aryl methyl sites for hydroxylation is 1. The van der Waals surface area contributed by atoms with E-state index in [2.05, 4.69) is 48.4 Å². The number of rotatable bonds is 9. The largest absolute Gasteiger partial charge is 0.496 e. The molecule has 29 heavy (non-hydrogen) atoms. The number of methoxy groups -OCH3 is 2. The molecular formula is C22H39IN4O2. The van der Waals surface area contributed by atoms with Gasteiger partial charge < -0.3 is 25.0 Å². The van der Waals surface area contributed by atoms with E-state index in [0.29, 0.717) is 5.92 Å². The van der Waals surface area contributed by atoms with E-state index in [1.807, 2.05) is 6.07 Å². The van der Waals surface area contributed by atoms with Gasteiger partial charge in [-0.3, -0.25) is 4.99 Å². The van der Waals surface area contributed by atoms with Gasteiger partial charge in [0.25, 0.3) is 0 Å². The van der Waals surface area contributed by atoms with E-state index in [4.69, 9.17) is 14.5 Å². The van der Waals surface area contributed by atoms with Gasteiger partial charge in [-0.25, -0.2) is 0 Å². The monoisotopic (exact) mass is 518 g/mol. The number of guanidine groups is 1. The van der Waals surface area contributed by atoms with E-state index in [1.54, 1.807) is 14.2 Å². The zero-order chi connectivity index (χ0) is 20.4. The maximum atomic E-state index is 5.54. The van der Waals surface area contributed by atoms with Crippen LogP contribution in [0.5, 0.6) is 5.75 Å². The molecule has 1 aromatic rings. The molecule has 166 valence electrons. The lowest BCUT2D eigenvalue weighted by Crippen LogP contribution is -2.40. The normalized spacial score (nSPS) is 16.8. The molecule has 1 heterocycles. The molecule has 2 rings (SSSR count). The highest BCUT2D eigenvalue weighted by Gasteiger charge is 2.19. The molecule has 7 heteroatoms.